The van der Waals surface area contributed by atoms with Crippen molar-refractivity contribution in [1.82, 2.24) is 19.4 Å². The number of aliphatic hydroxyl groups is 1. The molecule has 2 heterocycles. The van der Waals surface area contributed by atoms with E-state index in [4.69, 9.17) is 9.72 Å². The van der Waals surface area contributed by atoms with Crippen LogP contribution in [-0.4, -0.2) is 71.8 Å². The van der Waals surface area contributed by atoms with Gasteiger partial charge in [-0.25, -0.2) is 4.98 Å². The molecule has 38 heavy (non-hydrogen) atoms. The Hall–Kier alpha value is -4.41. The molecule has 0 bridgehead atoms. The van der Waals surface area contributed by atoms with Gasteiger partial charge in [0.2, 0.25) is 11.9 Å². The molecule has 0 saturated heterocycles. The lowest BCUT2D eigenvalue weighted by Crippen LogP contribution is -2.29. The van der Waals surface area contributed by atoms with E-state index in [1.807, 2.05) is 63.6 Å². The molecule has 0 aliphatic heterocycles. The van der Waals surface area contributed by atoms with Gasteiger partial charge in [0.15, 0.2) is 0 Å². The van der Waals surface area contributed by atoms with Gasteiger partial charge >= 0.3 is 0 Å². The van der Waals surface area contributed by atoms with Crippen molar-refractivity contribution in [2.45, 2.75) is 6.73 Å². The van der Waals surface area contributed by atoms with Gasteiger partial charge < -0.3 is 34.8 Å². The Balaban J connectivity index is 0.00000420. The number of hydrogen-bond acceptors (Lipinski definition) is 8. The number of fused-ring (bicyclic) bond motifs is 1. The molecule has 0 saturated carbocycles. The molecule has 10 heteroatoms. The van der Waals surface area contributed by atoms with E-state index in [1.54, 1.807) is 23.9 Å². The number of rotatable bonds is 11. The van der Waals surface area contributed by atoms with Crippen LogP contribution in [0.4, 0.5) is 23.0 Å². The maximum absolute atomic E-state index is 12.3. The summed E-state index contributed by atoms with van der Waals surface area (Å²) in [4.78, 5) is 25.9. The van der Waals surface area contributed by atoms with Crippen LogP contribution in [0.25, 0.3) is 22.3 Å². The molecule has 0 fully saturated rings. The molecule has 0 radical (unpaired) electrons. The van der Waals surface area contributed by atoms with Crippen molar-refractivity contribution < 1.29 is 16.1 Å². The van der Waals surface area contributed by atoms with Gasteiger partial charge in [-0.15, -0.1) is 0 Å². The van der Waals surface area contributed by atoms with Crippen molar-refractivity contribution in [2.75, 3.05) is 56.9 Å². The molecule has 3 N–H and O–H groups in total. The van der Waals surface area contributed by atoms with Crippen molar-refractivity contribution in [3.05, 3.63) is 67.4 Å². The molecular formula is C28H35N7O3. The number of carbonyl (C=O) groups is 1. The Bertz CT molecular complexity index is 1440. The number of amides is 1. The van der Waals surface area contributed by atoms with E-state index in [1.165, 1.54) is 6.08 Å². The lowest BCUT2D eigenvalue weighted by atomic mass is 10.1. The van der Waals surface area contributed by atoms with Gasteiger partial charge in [0.05, 0.1) is 29.9 Å². The maximum atomic E-state index is 12.3. The van der Waals surface area contributed by atoms with Crippen LogP contribution in [-0.2, 0) is 11.5 Å². The molecule has 0 unspecified atom stereocenters. The molecule has 0 atom stereocenters. The number of likely N-dealkylation sites (N-methyl/N-ethyl adjacent to an activating group) is 2. The van der Waals surface area contributed by atoms with Gasteiger partial charge in [0.25, 0.3) is 0 Å². The van der Waals surface area contributed by atoms with E-state index in [0.29, 0.717) is 28.7 Å². The topological polar surface area (TPSA) is 108 Å². The number of nitrogens with one attached hydrogen (secondary N) is 2. The fraction of sp³-hybridized carbons (Fsp3) is 0.250. The monoisotopic (exact) mass is 517 g/mol. The first-order chi connectivity index (χ1) is 18.3. The summed E-state index contributed by atoms with van der Waals surface area (Å²) in [6, 6.07) is 15.3. The Labute approximate surface area is 223 Å². The lowest BCUT2D eigenvalue weighted by Gasteiger charge is -2.26. The van der Waals surface area contributed by atoms with Crippen molar-refractivity contribution in [2.24, 2.45) is 0 Å². The highest BCUT2D eigenvalue weighted by molar-refractivity contribution is 6.02. The van der Waals surface area contributed by atoms with E-state index in [-0.39, 0.29) is 14.1 Å². The summed E-state index contributed by atoms with van der Waals surface area (Å²) >= 11 is 0. The number of hydrogen-bond donors (Lipinski definition) is 3. The molecule has 0 aliphatic rings. The molecule has 0 spiro atoms. The first-order valence-corrected chi connectivity index (χ1v) is 12.2. The normalized spacial score (nSPS) is 11.0. The average molecular weight is 518 g/mol. The summed E-state index contributed by atoms with van der Waals surface area (Å²) < 4.78 is 7.36. The number of ether oxygens (including phenoxy) is 1. The van der Waals surface area contributed by atoms with Gasteiger partial charge in [-0.05, 0) is 32.3 Å². The zero-order chi connectivity index (χ0) is 27.2. The predicted octanol–water partition coefficient (Wildman–Crippen LogP) is 4.17. The number of methoxy groups -OCH3 is 1. The highest BCUT2D eigenvalue weighted by Crippen LogP contribution is 2.38. The number of carbonyl (C=O) groups excluding carboxylic acids is 1. The fourth-order valence-corrected chi connectivity index (χ4v) is 4.08. The zero-order valence-electron chi connectivity index (χ0n) is 22.1. The van der Waals surface area contributed by atoms with Crippen LogP contribution >= 0.6 is 0 Å². The minimum Gasteiger partial charge on any atom is -0.494 e. The summed E-state index contributed by atoms with van der Waals surface area (Å²) in [5.41, 5.74) is 4.18. The summed E-state index contributed by atoms with van der Waals surface area (Å²) in [6.45, 7) is 4.92. The van der Waals surface area contributed by atoms with Crippen molar-refractivity contribution in [3.63, 3.8) is 0 Å². The molecule has 200 valence electrons. The largest absolute Gasteiger partial charge is 0.494 e. The van der Waals surface area contributed by atoms with E-state index < -0.39 is 0 Å². The molecule has 2 aromatic carbocycles. The summed E-state index contributed by atoms with van der Waals surface area (Å²) in [5, 5.41) is 16.8. The second-order valence-electron chi connectivity index (χ2n) is 9.04. The highest BCUT2D eigenvalue weighted by Gasteiger charge is 2.18. The first-order valence-electron chi connectivity index (χ1n) is 12.2. The van der Waals surface area contributed by atoms with E-state index in [0.717, 1.165) is 35.4 Å². The highest BCUT2D eigenvalue weighted by atomic mass is 16.5. The Morgan fingerprint density at radius 2 is 1.89 bits per heavy atom. The second kappa shape index (κ2) is 11.8. The van der Waals surface area contributed by atoms with Crippen LogP contribution in [0.1, 0.15) is 1.43 Å². The van der Waals surface area contributed by atoms with Crippen molar-refractivity contribution >= 4 is 40.0 Å². The quantitative estimate of drug-likeness (QED) is 0.255. The van der Waals surface area contributed by atoms with Crippen LogP contribution in [0.2, 0.25) is 0 Å². The van der Waals surface area contributed by atoms with Gasteiger partial charge in [0, 0.05) is 44.8 Å². The van der Waals surface area contributed by atoms with Crippen molar-refractivity contribution in [1.29, 1.82) is 0 Å². The first kappa shape index (κ1) is 26.6. The standard InChI is InChI=1S/C28H33N7O3.H2/c1-6-25(37)29-21-16-22(24(38-5)17-23(21)34(4)15-14-33(2)3)30-28-31-26(19-10-8-7-9-11-19)20-12-13-35(18-36)27(20)32-28;/h6-13,16-17,36H,1,14-15,18H2,2-5H3,(H,29,37)(H,30,31,32);1H. The number of benzene rings is 2. The van der Waals surface area contributed by atoms with Crippen molar-refractivity contribution in [3.8, 4) is 17.0 Å². The van der Waals surface area contributed by atoms with E-state index in [2.05, 4.69) is 32.0 Å². The maximum Gasteiger partial charge on any atom is 0.247 e. The summed E-state index contributed by atoms with van der Waals surface area (Å²) in [5.74, 6) is 0.543. The SMILES string of the molecule is C=CC(=O)Nc1cc(Nc2nc(-c3ccccc3)c3ccn(CO)c3n2)c(OC)cc1N(C)CCN(C)C.[HH]. The van der Waals surface area contributed by atoms with Gasteiger partial charge in [-0.2, -0.15) is 4.98 Å². The van der Waals surface area contributed by atoms with Crippen LogP contribution in [0.5, 0.6) is 5.75 Å². The Morgan fingerprint density at radius 3 is 2.55 bits per heavy atom. The summed E-state index contributed by atoms with van der Waals surface area (Å²) in [6.07, 6.45) is 3.00. The van der Waals surface area contributed by atoms with Gasteiger partial charge in [-0.3, -0.25) is 4.79 Å². The minimum absolute atomic E-state index is 0. The van der Waals surface area contributed by atoms with Crippen LogP contribution in [0.15, 0.2) is 67.4 Å². The number of aliphatic hydroxyl groups excluding tert-OH is 1. The third-order valence-corrected chi connectivity index (χ3v) is 6.12. The molecule has 10 nitrogen and oxygen atoms in total. The lowest BCUT2D eigenvalue weighted by molar-refractivity contribution is -0.111. The van der Waals surface area contributed by atoms with Gasteiger partial charge in [0.1, 0.15) is 18.1 Å². The number of nitrogens with zero attached hydrogens (tertiary/aromatic N) is 5. The zero-order valence-corrected chi connectivity index (χ0v) is 22.1. The van der Waals surface area contributed by atoms with Crippen LogP contribution in [0, 0.1) is 0 Å². The molecule has 1 amide bonds. The van der Waals surface area contributed by atoms with Gasteiger partial charge in [-0.1, -0.05) is 36.9 Å². The van der Waals surface area contributed by atoms with E-state index in [9.17, 15) is 9.90 Å². The smallest absolute Gasteiger partial charge is 0.247 e. The summed E-state index contributed by atoms with van der Waals surface area (Å²) in [7, 11) is 7.56. The molecule has 2 aromatic heterocycles. The van der Waals surface area contributed by atoms with Crippen LogP contribution in [0.3, 0.4) is 0 Å². The molecule has 4 rings (SSSR count). The second-order valence-corrected chi connectivity index (χ2v) is 9.04. The van der Waals surface area contributed by atoms with E-state index >= 15 is 0 Å². The molecule has 4 aromatic rings. The molecular weight excluding hydrogens is 482 g/mol. The number of anilines is 4. The third-order valence-electron chi connectivity index (χ3n) is 6.12. The number of aromatic nitrogens is 3. The Kier molecular flexibility index (Phi) is 8.25. The Morgan fingerprint density at radius 1 is 1.13 bits per heavy atom. The fourth-order valence-electron chi connectivity index (χ4n) is 4.08. The minimum atomic E-state index is -0.326. The average Bonchev–Trinajstić information content (AvgIpc) is 3.34. The van der Waals surface area contributed by atoms with Crippen LogP contribution < -0.4 is 20.3 Å². The molecule has 0 aliphatic carbocycles. The predicted molar refractivity (Wildman–Crippen MR) is 154 cm³/mol. The third kappa shape index (κ3) is 5.77.